The van der Waals surface area contributed by atoms with E-state index in [9.17, 15) is 8.42 Å². The van der Waals surface area contributed by atoms with E-state index in [2.05, 4.69) is 4.72 Å². The van der Waals surface area contributed by atoms with E-state index in [0.717, 1.165) is 0 Å². The Morgan fingerprint density at radius 1 is 1.33 bits per heavy atom. The van der Waals surface area contributed by atoms with E-state index in [1.807, 2.05) is 0 Å². The number of nitrogens with two attached hydrogens (primary N) is 1. The van der Waals surface area contributed by atoms with Crippen molar-refractivity contribution in [3.63, 3.8) is 0 Å². The van der Waals surface area contributed by atoms with E-state index in [1.165, 1.54) is 0 Å². The molecule has 0 aliphatic rings. The van der Waals surface area contributed by atoms with Gasteiger partial charge in [0, 0.05) is 6.04 Å². The van der Waals surface area contributed by atoms with Crippen molar-refractivity contribution in [2.75, 3.05) is 6.54 Å². The molecule has 0 aromatic heterocycles. The van der Waals surface area contributed by atoms with Gasteiger partial charge in [-0.3, -0.25) is 0 Å². The van der Waals surface area contributed by atoms with Crippen LogP contribution in [0.1, 0.15) is 13.3 Å². The first-order valence-corrected chi connectivity index (χ1v) is 6.32. The fourth-order valence-corrected chi connectivity index (χ4v) is 2.54. The van der Waals surface area contributed by atoms with Gasteiger partial charge < -0.3 is 5.73 Å². The molecule has 1 atom stereocenters. The van der Waals surface area contributed by atoms with E-state index < -0.39 is 10.0 Å². The van der Waals surface area contributed by atoms with Crippen LogP contribution in [0.25, 0.3) is 0 Å². The normalized spacial score (nSPS) is 13.7. The van der Waals surface area contributed by atoms with Gasteiger partial charge in [-0.2, -0.15) is 0 Å². The molecule has 5 heteroatoms. The summed E-state index contributed by atoms with van der Waals surface area (Å²) in [5.74, 6) is 0. The molecule has 0 aliphatic heterocycles. The third-order valence-electron chi connectivity index (χ3n) is 2.01. The van der Waals surface area contributed by atoms with Crippen LogP contribution in [0.15, 0.2) is 35.2 Å². The summed E-state index contributed by atoms with van der Waals surface area (Å²) in [6.45, 7) is 2.27. The van der Waals surface area contributed by atoms with Crippen LogP contribution in [0.4, 0.5) is 0 Å². The number of benzene rings is 1. The second-order valence-electron chi connectivity index (χ2n) is 3.41. The maximum absolute atomic E-state index is 11.8. The van der Waals surface area contributed by atoms with E-state index in [1.54, 1.807) is 37.3 Å². The molecule has 0 fully saturated rings. The Hall–Kier alpha value is -0.910. The van der Waals surface area contributed by atoms with Gasteiger partial charge in [-0.25, -0.2) is 13.1 Å². The summed E-state index contributed by atoms with van der Waals surface area (Å²) in [5.41, 5.74) is 5.35. The lowest BCUT2D eigenvalue weighted by Gasteiger charge is -2.12. The largest absolute Gasteiger partial charge is 0.330 e. The summed E-state index contributed by atoms with van der Waals surface area (Å²) in [7, 11) is -3.39. The zero-order valence-electron chi connectivity index (χ0n) is 8.68. The summed E-state index contributed by atoms with van der Waals surface area (Å²) in [4.78, 5) is 0.286. The van der Waals surface area contributed by atoms with Crippen LogP contribution in [-0.4, -0.2) is 21.0 Å². The number of nitrogens with one attached hydrogen (secondary N) is 1. The quantitative estimate of drug-likeness (QED) is 0.779. The highest BCUT2D eigenvalue weighted by molar-refractivity contribution is 7.89. The fraction of sp³-hybridized carbons (Fsp3) is 0.400. The van der Waals surface area contributed by atoms with Gasteiger partial charge in [0.25, 0.3) is 0 Å². The van der Waals surface area contributed by atoms with Gasteiger partial charge in [-0.1, -0.05) is 18.2 Å². The van der Waals surface area contributed by atoms with Crippen molar-refractivity contribution in [2.45, 2.75) is 24.3 Å². The molecule has 0 amide bonds. The average molecular weight is 228 g/mol. The Morgan fingerprint density at radius 3 is 2.47 bits per heavy atom. The van der Waals surface area contributed by atoms with Crippen LogP contribution in [0.5, 0.6) is 0 Å². The smallest absolute Gasteiger partial charge is 0.240 e. The van der Waals surface area contributed by atoms with E-state index >= 15 is 0 Å². The van der Waals surface area contributed by atoms with Crippen LogP contribution in [0.2, 0.25) is 0 Å². The first-order valence-electron chi connectivity index (χ1n) is 4.83. The van der Waals surface area contributed by atoms with Crippen LogP contribution in [0, 0.1) is 0 Å². The summed E-state index contributed by atoms with van der Waals surface area (Å²) >= 11 is 0. The molecule has 0 spiro atoms. The average Bonchev–Trinajstić information content (AvgIpc) is 2.18. The number of rotatable bonds is 5. The van der Waals surface area contributed by atoms with Crippen LogP contribution >= 0.6 is 0 Å². The lowest BCUT2D eigenvalue weighted by atomic mass is 10.3. The predicted molar refractivity (Wildman–Crippen MR) is 59.9 cm³/mol. The second kappa shape index (κ2) is 5.25. The van der Waals surface area contributed by atoms with Gasteiger partial charge in [-0.15, -0.1) is 0 Å². The van der Waals surface area contributed by atoms with Crippen molar-refractivity contribution in [3.05, 3.63) is 30.3 Å². The minimum Gasteiger partial charge on any atom is -0.330 e. The van der Waals surface area contributed by atoms with Crippen LogP contribution < -0.4 is 10.5 Å². The van der Waals surface area contributed by atoms with Crippen LogP contribution in [-0.2, 0) is 10.0 Å². The van der Waals surface area contributed by atoms with Gasteiger partial charge in [-0.05, 0) is 32.0 Å². The van der Waals surface area contributed by atoms with Gasteiger partial charge in [0.1, 0.15) is 0 Å². The minimum absolute atomic E-state index is 0.139. The molecule has 1 rings (SSSR count). The van der Waals surface area contributed by atoms with Crippen molar-refractivity contribution < 1.29 is 8.42 Å². The van der Waals surface area contributed by atoms with Crippen molar-refractivity contribution in [3.8, 4) is 0 Å². The monoisotopic (exact) mass is 228 g/mol. The van der Waals surface area contributed by atoms with Crippen LogP contribution in [0.3, 0.4) is 0 Å². The van der Waals surface area contributed by atoms with E-state index in [-0.39, 0.29) is 10.9 Å². The molecule has 0 saturated heterocycles. The van der Waals surface area contributed by atoms with Crippen molar-refractivity contribution in [2.24, 2.45) is 5.73 Å². The number of hydrogen-bond donors (Lipinski definition) is 2. The molecular weight excluding hydrogens is 212 g/mol. The number of sulfonamides is 1. The second-order valence-corrected chi connectivity index (χ2v) is 5.13. The summed E-state index contributed by atoms with van der Waals surface area (Å²) in [5, 5.41) is 0. The third-order valence-corrected chi connectivity index (χ3v) is 3.61. The van der Waals surface area contributed by atoms with Gasteiger partial charge in [0.2, 0.25) is 10.0 Å². The molecule has 15 heavy (non-hydrogen) atoms. The molecule has 0 unspecified atom stereocenters. The molecule has 0 bridgehead atoms. The topological polar surface area (TPSA) is 72.2 Å². The van der Waals surface area contributed by atoms with Crippen molar-refractivity contribution in [1.29, 1.82) is 0 Å². The Labute approximate surface area is 90.5 Å². The highest BCUT2D eigenvalue weighted by Crippen LogP contribution is 2.08. The predicted octanol–water partition coefficient (Wildman–Crippen LogP) is 0.702. The number of hydrogen-bond acceptors (Lipinski definition) is 3. The molecule has 0 saturated carbocycles. The Kier molecular flexibility index (Phi) is 4.26. The third kappa shape index (κ3) is 3.62. The Balaban J connectivity index is 2.77. The lowest BCUT2D eigenvalue weighted by Crippen LogP contribution is -2.34. The molecular formula is C10H16N2O2S. The zero-order valence-corrected chi connectivity index (χ0v) is 9.50. The first-order chi connectivity index (χ1) is 7.06. The SMILES string of the molecule is C[C@H](CCN)NS(=O)(=O)c1ccccc1. The molecule has 0 heterocycles. The molecule has 1 aromatic carbocycles. The minimum atomic E-state index is -3.39. The van der Waals surface area contributed by atoms with E-state index in [4.69, 9.17) is 5.73 Å². The molecule has 1 aromatic rings. The van der Waals surface area contributed by atoms with Gasteiger partial charge in [0.05, 0.1) is 4.90 Å². The van der Waals surface area contributed by atoms with Gasteiger partial charge >= 0.3 is 0 Å². The van der Waals surface area contributed by atoms with Crippen molar-refractivity contribution in [1.82, 2.24) is 4.72 Å². The zero-order chi connectivity index (χ0) is 11.3. The first kappa shape index (κ1) is 12.2. The molecule has 0 aliphatic carbocycles. The molecule has 0 radical (unpaired) electrons. The summed E-state index contributed by atoms with van der Waals surface area (Å²) < 4.78 is 26.1. The molecule has 3 N–H and O–H groups in total. The Bertz CT molecular complexity index is 389. The highest BCUT2D eigenvalue weighted by atomic mass is 32.2. The van der Waals surface area contributed by atoms with Gasteiger partial charge in [0.15, 0.2) is 0 Å². The fourth-order valence-electron chi connectivity index (χ4n) is 1.24. The van der Waals surface area contributed by atoms with Crippen molar-refractivity contribution >= 4 is 10.0 Å². The highest BCUT2D eigenvalue weighted by Gasteiger charge is 2.15. The van der Waals surface area contributed by atoms with E-state index in [0.29, 0.717) is 13.0 Å². The maximum Gasteiger partial charge on any atom is 0.240 e. The molecule has 4 nitrogen and oxygen atoms in total. The lowest BCUT2D eigenvalue weighted by molar-refractivity contribution is 0.550. The summed E-state index contributed by atoms with van der Waals surface area (Å²) in [6.07, 6.45) is 0.631. The summed E-state index contributed by atoms with van der Waals surface area (Å²) in [6, 6.07) is 8.17. The maximum atomic E-state index is 11.8. The molecule has 84 valence electrons. The standard InChI is InChI=1S/C10H16N2O2S/c1-9(7-8-11)12-15(13,14)10-5-3-2-4-6-10/h2-6,9,12H,7-8,11H2,1H3/t9-/m1/s1. The Morgan fingerprint density at radius 2 is 1.93 bits per heavy atom.